The Morgan fingerprint density at radius 1 is 1.53 bits per heavy atom. The summed E-state index contributed by atoms with van der Waals surface area (Å²) in [5.41, 5.74) is 2.80. The lowest BCUT2D eigenvalue weighted by Gasteiger charge is -2.14. The van der Waals surface area contributed by atoms with Crippen molar-refractivity contribution in [1.29, 1.82) is 0 Å². The number of aliphatic imine (C=N–C) groups is 1. The van der Waals surface area contributed by atoms with Crippen LogP contribution in [0.15, 0.2) is 4.99 Å². The highest BCUT2D eigenvalue weighted by Gasteiger charge is 2.37. The van der Waals surface area contributed by atoms with Crippen LogP contribution in [-0.4, -0.2) is 31.3 Å². The van der Waals surface area contributed by atoms with E-state index >= 15 is 0 Å². The molecule has 1 aliphatic rings. The van der Waals surface area contributed by atoms with Crippen LogP contribution in [0.1, 0.15) is 33.1 Å². The van der Waals surface area contributed by atoms with E-state index in [1.807, 2.05) is 6.92 Å². The fourth-order valence-electron chi connectivity index (χ4n) is 1.22. The zero-order valence-corrected chi connectivity index (χ0v) is 9.68. The Kier molecular flexibility index (Phi) is 4.84. The van der Waals surface area contributed by atoms with Crippen molar-refractivity contribution in [3.63, 3.8) is 0 Å². The van der Waals surface area contributed by atoms with E-state index in [0.717, 1.165) is 26.2 Å². The first-order valence-electron chi connectivity index (χ1n) is 5.57. The first kappa shape index (κ1) is 12.3. The Morgan fingerprint density at radius 2 is 2.27 bits per heavy atom. The Balaban J connectivity index is 2.15. The van der Waals surface area contributed by atoms with Crippen LogP contribution in [-0.2, 0) is 4.74 Å². The minimum atomic E-state index is 0.213. The van der Waals surface area contributed by atoms with Gasteiger partial charge in [-0.1, -0.05) is 0 Å². The largest absolute Gasteiger partial charge is 0.382 e. The summed E-state index contributed by atoms with van der Waals surface area (Å²) < 4.78 is 5.22. The quantitative estimate of drug-likeness (QED) is 0.196. The first-order chi connectivity index (χ1) is 7.20. The van der Waals surface area contributed by atoms with Crippen LogP contribution < -0.4 is 16.6 Å². The molecule has 1 saturated carbocycles. The number of nitrogens with zero attached hydrogens (tertiary/aromatic N) is 1. The summed E-state index contributed by atoms with van der Waals surface area (Å²) >= 11 is 0. The molecule has 0 heterocycles. The topological polar surface area (TPSA) is 71.7 Å². The molecule has 88 valence electrons. The molecule has 0 atom stereocenters. The second kappa shape index (κ2) is 5.92. The molecule has 0 aromatic rings. The van der Waals surface area contributed by atoms with E-state index in [2.05, 4.69) is 22.7 Å². The van der Waals surface area contributed by atoms with Gasteiger partial charge in [-0.3, -0.25) is 10.4 Å². The summed E-state index contributed by atoms with van der Waals surface area (Å²) in [5.74, 6) is 6.06. The van der Waals surface area contributed by atoms with Crippen LogP contribution in [0.2, 0.25) is 0 Å². The van der Waals surface area contributed by atoms with Gasteiger partial charge in [-0.05, 0) is 33.1 Å². The van der Waals surface area contributed by atoms with Gasteiger partial charge in [-0.15, -0.1) is 0 Å². The van der Waals surface area contributed by atoms with Crippen molar-refractivity contribution < 1.29 is 4.74 Å². The second-order valence-electron chi connectivity index (χ2n) is 4.11. The maximum Gasteiger partial charge on any atom is 0.206 e. The second-order valence-corrected chi connectivity index (χ2v) is 4.11. The molecule has 0 aromatic heterocycles. The number of ether oxygens (including phenoxy) is 1. The van der Waals surface area contributed by atoms with E-state index in [9.17, 15) is 0 Å². The zero-order valence-electron chi connectivity index (χ0n) is 9.68. The van der Waals surface area contributed by atoms with E-state index in [4.69, 9.17) is 10.6 Å². The Hall–Kier alpha value is -0.810. The summed E-state index contributed by atoms with van der Waals surface area (Å²) in [4.78, 5) is 4.33. The molecular weight excluding hydrogens is 192 g/mol. The van der Waals surface area contributed by atoms with E-state index in [1.54, 1.807) is 0 Å². The summed E-state index contributed by atoms with van der Waals surface area (Å²) in [5, 5.41) is 3.28. The van der Waals surface area contributed by atoms with Gasteiger partial charge < -0.3 is 10.1 Å². The molecule has 1 rings (SSSR count). The lowest BCUT2D eigenvalue weighted by Crippen LogP contribution is -2.46. The van der Waals surface area contributed by atoms with Crippen LogP contribution in [0.5, 0.6) is 0 Å². The van der Waals surface area contributed by atoms with Crippen molar-refractivity contribution >= 4 is 5.96 Å². The molecule has 0 aromatic carbocycles. The van der Waals surface area contributed by atoms with Gasteiger partial charge >= 0.3 is 0 Å². The molecule has 0 spiro atoms. The third kappa shape index (κ3) is 4.99. The SMILES string of the molecule is CCOCCCN=C(NN)NC1(C)CC1. The molecule has 4 N–H and O–H groups in total. The average Bonchev–Trinajstić information content (AvgIpc) is 2.94. The molecule has 0 saturated heterocycles. The monoisotopic (exact) mass is 214 g/mol. The number of hydrogen-bond acceptors (Lipinski definition) is 3. The van der Waals surface area contributed by atoms with Gasteiger partial charge in [0, 0.05) is 25.3 Å². The van der Waals surface area contributed by atoms with Crippen molar-refractivity contribution in [3.8, 4) is 0 Å². The standard InChI is InChI=1S/C10H22N4O/c1-3-15-8-4-7-12-9(14-11)13-10(2)5-6-10/h3-8,11H2,1-2H3,(H2,12,13,14). The Morgan fingerprint density at radius 3 is 2.80 bits per heavy atom. The molecular formula is C10H22N4O. The summed E-state index contributed by atoms with van der Waals surface area (Å²) in [6, 6.07) is 0. The molecule has 0 bridgehead atoms. The average molecular weight is 214 g/mol. The number of hydrogen-bond donors (Lipinski definition) is 3. The Bertz CT molecular complexity index is 213. The minimum Gasteiger partial charge on any atom is -0.382 e. The maximum atomic E-state index is 5.37. The van der Waals surface area contributed by atoms with Crippen molar-refractivity contribution in [2.24, 2.45) is 10.8 Å². The molecule has 5 heteroatoms. The van der Waals surface area contributed by atoms with Crippen LogP contribution >= 0.6 is 0 Å². The highest BCUT2D eigenvalue weighted by molar-refractivity contribution is 5.80. The lowest BCUT2D eigenvalue weighted by molar-refractivity contribution is 0.146. The molecule has 0 unspecified atom stereocenters. The fourth-order valence-corrected chi connectivity index (χ4v) is 1.22. The van der Waals surface area contributed by atoms with Gasteiger partial charge in [0.05, 0.1) is 0 Å². The smallest absolute Gasteiger partial charge is 0.206 e. The third-order valence-electron chi connectivity index (χ3n) is 2.48. The normalized spacial score (nSPS) is 18.7. The summed E-state index contributed by atoms with van der Waals surface area (Å²) in [7, 11) is 0. The molecule has 5 nitrogen and oxygen atoms in total. The highest BCUT2D eigenvalue weighted by atomic mass is 16.5. The summed E-state index contributed by atoms with van der Waals surface area (Å²) in [6.45, 7) is 6.42. The zero-order chi connectivity index (χ0) is 11.1. The van der Waals surface area contributed by atoms with Gasteiger partial charge in [-0.25, -0.2) is 5.84 Å². The van der Waals surface area contributed by atoms with Crippen molar-refractivity contribution in [2.75, 3.05) is 19.8 Å². The van der Waals surface area contributed by atoms with E-state index in [-0.39, 0.29) is 5.54 Å². The first-order valence-corrected chi connectivity index (χ1v) is 5.57. The van der Waals surface area contributed by atoms with Gasteiger partial charge in [0.15, 0.2) is 0 Å². The van der Waals surface area contributed by atoms with Crippen LogP contribution in [0.4, 0.5) is 0 Å². The van der Waals surface area contributed by atoms with Crippen molar-refractivity contribution in [1.82, 2.24) is 10.7 Å². The van der Waals surface area contributed by atoms with Crippen molar-refractivity contribution in [3.05, 3.63) is 0 Å². The van der Waals surface area contributed by atoms with Crippen LogP contribution in [0.3, 0.4) is 0 Å². The predicted molar refractivity (Wildman–Crippen MR) is 61.5 cm³/mol. The molecule has 0 amide bonds. The number of nitrogens with one attached hydrogen (secondary N) is 2. The third-order valence-corrected chi connectivity index (χ3v) is 2.48. The van der Waals surface area contributed by atoms with Gasteiger partial charge in [0.25, 0.3) is 0 Å². The highest BCUT2D eigenvalue weighted by Crippen LogP contribution is 2.33. The maximum absolute atomic E-state index is 5.37. The molecule has 0 radical (unpaired) electrons. The van der Waals surface area contributed by atoms with Gasteiger partial charge in [0.1, 0.15) is 0 Å². The molecule has 15 heavy (non-hydrogen) atoms. The molecule has 1 aliphatic carbocycles. The van der Waals surface area contributed by atoms with Crippen molar-refractivity contribution in [2.45, 2.75) is 38.6 Å². The lowest BCUT2D eigenvalue weighted by atomic mass is 10.3. The molecule has 1 fully saturated rings. The summed E-state index contributed by atoms with van der Waals surface area (Å²) in [6.07, 6.45) is 3.30. The van der Waals surface area contributed by atoms with E-state index in [0.29, 0.717) is 5.96 Å². The predicted octanol–water partition coefficient (Wildman–Crippen LogP) is 0.374. The van der Waals surface area contributed by atoms with Gasteiger partial charge in [0.2, 0.25) is 5.96 Å². The van der Waals surface area contributed by atoms with E-state index < -0.39 is 0 Å². The van der Waals surface area contributed by atoms with Crippen LogP contribution in [0.25, 0.3) is 0 Å². The van der Waals surface area contributed by atoms with Gasteiger partial charge in [-0.2, -0.15) is 0 Å². The van der Waals surface area contributed by atoms with E-state index in [1.165, 1.54) is 12.8 Å². The number of rotatable bonds is 6. The fraction of sp³-hybridized carbons (Fsp3) is 0.900. The number of hydrazine groups is 1. The van der Waals surface area contributed by atoms with Crippen LogP contribution in [0, 0.1) is 0 Å². The number of nitrogens with two attached hydrogens (primary N) is 1. The molecule has 0 aliphatic heterocycles. The number of guanidine groups is 1. The minimum absolute atomic E-state index is 0.213. The Labute approximate surface area is 91.4 Å².